The van der Waals surface area contributed by atoms with E-state index in [1.54, 1.807) is 16.7 Å². The van der Waals surface area contributed by atoms with Crippen molar-refractivity contribution in [2.45, 2.75) is 109 Å². The van der Waals surface area contributed by atoms with Crippen LogP contribution in [0.3, 0.4) is 0 Å². The molecule has 0 bridgehead atoms. The van der Waals surface area contributed by atoms with Gasteiger partial charge in [-0.3, -0.25) is 14.7 Å². The first kappa shape index (κ1) is 42.6. The summed E-state index contributed by atoms with van der Waals surface area (Å²) in [5.74, 6) is -0.408. The molecular formula is C47H57N5O7Si. The van der Waals surface area contributed by atoms with Crippen molar-refractivity contribution >= 4 is 42.1 Å². The van der Waals surface area contributed by atoms with Gasteiger partial charge in [0, 0.05) is 42.7 Å². The Hall–Kier alpha value is -5.47. The van der Waals surface area contributed by atoms with Gasteiger partial charge in [0.05, 0.1) is 22.8 Å². The van der Waals surface area contributed by atoms with E-state index in [1.807, 2.05) is 66.7 Å². The first-order chi connectivity index (χ1) is 28.6. The van der Waals surface area contributed by atoms with E-state index in [0.717, 1.165) is 64.4 Å². The number of ether oxygens (including phenoxy) is 1. The van der Waals surface area contributed by atoms with Crippen molar-refractivity contribution in [3.63, 3.8) is 0 Å². The average molecular weight is 832 g/mol. The van der Waals surface area contributed by atoms with Crippen LogP contribution in [0.4, 0.5) is 10.5 Å². The lowest BCUT2D eigenvalue weighted by molar-refractivity contribution is 0.0826. The molecule has 316 valence electrons. The van der Waals surface area contributed by atoms with Gasteiger partial charge in [0.2, 0.25) is 5.56 Å². The predicted molar refractivity (Wildman–Crippen MR) is 240 cm³/mol. The monoisotopic (exact) mass is 831 g/mol. The van der Waals surface area contributed by atoms with Gasteiger partial charge in [0.15, 0.2) is 13.9 Å². The van der Waals surface area contributed by atoms with Crippen LogP contribution in [0.5, 0.6) is 5.75 Å². The van der Waals surface area contributed by atoms with E-state index in [0.29, 0.717) is 49.3 Å². The van der Waals surface area contributed by atoms with Crippen molar-refractivity contribution in [3.05, 3.63) is 129 Å². The smallest absolute Gasteiger partial charge is 0.419 e. The van der Waals surface area contributed by atoms with Crippen molar-refractivity contribution in [2.75, 3.05) is 11.9 Å². The predicted octanol–water partition coefficient (Wildman–Crippen LogP) is 9.11. The second kappa shape index (κ2) is 18.0. The number of carbonyl (C=O) groups is 1. The summed E-state index contributed by atoms with van der Waals surface area (Å²) in [5, 5.41) is 17.9. The van der Waals surface area contributed by atoms with Crippen LogP contribution in [0.1, 0.15) is 75.7 Å². The third-order valence-electron chi connectivity index (χ3n) is 12.1. The molecule has 1 fully saturated rings. The first-order valence-electron chi connectivity index (χ1n) is 20.9. The van der Waals surface area contributed by atoms with Gasteiger partial charge < -0.3 is 34.7 Å². The highest BCUT2D eigenvalue weighted by molar-refractivity contribution is 6.74. The zero-order chi connectivity index (χ0) is 42.6. The number of nitrogens with one attached hydrogen (secondary N) is 3. The van der Waals surface area contributed by atoms with E-state index in [4.69, 9.17) is 19.3 Å². The lowest BCUT2D eigenvalue weighted by atomic mass is 9.94. The quantitative estimate of drug-likeness (QED) is 0.0671. The summed E-state index contributed by atoms with van der Waals surface area (Å²) in [6, 6.07) is 28.6. The number of nitrogens with two attached hydrogens (primary N) is 1. The van der Waals surface area contributed by atoms with Gasteiger partial charge in [0.25, 0.3) is 0 Å². The van der Waals surface area contributed by atoms with E-state index >= 15 is 0 Å². The molecule has 2 heterocycles. The molecule has 1 aliphatic rings. The summed E-state index contributed by atoms with van der Waals surface area (Å²) < 4.78 is 20.1. The fourth-order valence-corrected chi connectivity index (χ4v) is 9.00. The van der Waals surface area contributed by atoms with Crippen molar-refractivity contribution in [1.29, 1.82) is 0 Å². The first-order valence-corrected chi connectivity index (χ1v) is 23.8. The summed E-state index contributed by atoms with van der Waals surface area (Å²) in [5.41, 5.74) is 12.8. The Morgan fingerprint density at radius 3 is 2.47 bits per heavy atom. The molecule has 12 nitrogen and oxygen atoms in total. The molecule has 0 radical (unpaired) electrons. The van der Waals surface area contributed by atoms with Gasteiger partial charge in [-0.25, -0.2) is 9.59 Å². The van der Waals surface area contributed by atoms with Crippen LogP contribution in [0, 0.1) is 0 Å². The van der Waals surface area contributed by atoms with Crippen LogP contribution < -0.4 is 27.7 Å². The Kier molecular flexibility index (Phi) is 12.8. The second-order valence-corrected chi connectivity index (χ2v) is 22.3. The van der Waals surface area contributed by atoms with E-state index in [-0.39, 0.29) is 34.6 Å². The standard InChI is InChI=1S/C47H57N5O7Si/c1-47(2,3)60(4,5)59-42(36-20-22-40(53)44-37(36)21-24-43(54)51-44)29-49-28-31-14-23-41-39(27-31)52(46(56)58-41)25-9-10-30-13-19-35(32-11-7-6-8-12-32)38(26-30)50-45(55)57-34-17-15-33(48)16-18-34/h6-8,11-14,19-24,26-27,33-34,42,49,53H,9-10,15-18,25,28-29,48H2,1-5H3,(H,50,55)(H,51,54)/t33?,34?,42-/m1/s1. The molecule has 1 saturated carbocycles. The molecule has 60 heavy (non-hydrogen) atoms. The minimum atomic E-state index is -2.26. The normalized spacial score (nSPS) is 16.6. The third kappa shape index (κ3) is 9.93. The summed E-state index contributed by atoms with van der Waals surface area (Å²) in [6.45, 7) is 12.4. The highest BCUT2D eigenvalue weighted by atomic mass is 28.4. The third-order valence-corrected chi connectivity index (χ3v) is 16.6. The molecule has 6 N–H and O–H groups in total. The Balaban J connectivity index is 1.04. The molecule has 0 saturated heterocycles. The molecule has 0 spiro atoms. The molecule has 2 aromatic heterocycles. The number of aryl methyl sites for hydroxylation is 2. The number of aromatic amines is 1. The molecule has 1 atom stereocenters. The van der Waals surface area contributed by atoms with Crippen LogP contribution in [-0.2, 0) is 28.7 Å². The highest BCUT2D eigenvalue weighted by Gasteiger charge is 2.40. The molecule has 13 heteroatoms. The largest absolute Gasteiger partial charge is 0.506 e. The number of carbonyl (C=O) groups excluding carboxylic acids is 1. The van der Waals surface area contributed by atoms with E-state index in [1.165, 1.54) is 6.07 Å². The number of anilines is 1. The maximum absolute atomic E-state index is 13.1. The number of aromatic nitrogens is 2. The number of hydrogen-bond donors (Lipinski definition) is 5. The summed E-state index contributed by atoms with van der Waals surface area (Å²) in [4.78, 5) is 41.2. The number of amides is 1. The molecule has 0 aliphatic heterocycles. The van der Waals surface area contributed by atoms with E-state index < -0.39 is 20.2 Å². The number of oxazole rings is 1. The van der Waals surface area contributed by atoms with Crippen LogP contribution in [0.2, 0.25) is 18.1 Å². The minimum absolute atomic E-state index is 0.00544. The molecule has 1 amide bonds. The lowest BCUT2D eigenvalue weighted by Crippen LogP contribution is -2.43. The fourth-order valence-electron chi connectivity index (χ4n) is 7.72. The number of rotatable bonds is 14. The number of phenols is 1. The number of pyridine rings is 1. The Morgan fingerprint density at radius 2 is 1.72 bits per heavy atom. The molecule has 1 aliphatic carbocycles. The Labute approximate surface area is 351 Å². The number of H-pyrrole nitrogens is 1. The Bertz CT molecular complexity index is 2570. The summed E-state index contributed by atoms with van der Waals surface area (Å²) in [7, 11) is -2.26. The number of benzene rings is 4. The zero-order valence-corrected chi connectivity index (χ0v) is 36.2. The zero-order valence-electron chi connectivity index (χ0n) is 35.2. The van der Waals surface area contributed by atoms with Gasteiger partial charge in [-0.1, -0.05) is 75.4 Å². The van der Waals surface area contributed by atoms with Crippen LogP contribution in [0.25, 0.3) is 33.1 Å². The van der Waals surface area contributed by atoms with Gasteiger partial charge in [0.1, 0.15) is 11.9 Å². The van der Waals surface area contributed by atoms with Crippen molar-refractivity contribution < 1.29 is 23.5 Å². The number of fused-ring (bicyclic) bond motifs is 2. The molecule has 7 rings (SSSR count). The number of phenolic OH excluding ortho intramolecular Hbond substituents is 1. The molecule has 0 unspecified atom stereocenters. The summed E-state index contributed by atoms with van der Waals surface area (Å²) in [6.07, 6.45) is 3.54. The number of nitrogens with zero attached hydrogens (tertiary/aromatic N) is 1. The lowest BCUT2D eigenvalue weighted by Gasteiger charge is -2.39. The van der Waals surface area contributed by atoms with Gasteiger partial charge in [-0.05, 0) is 109 Å². The molecule has 6 aromatic rings. The van der Waals surface area contributed by atoms with Crippen molar-refractivity contribution in [2.24, 2.45) is 5.73 Å². The van der Waals surface area contributed by atoms with Crippen molar-refractivity contribution in [3.8, 4) is 16.9 Å². The highest BCUT2D eigenvalue weighted by Crippen LogP contribution is 2.41. The van der Waals surface area contributed by atoms with Crippen molar-refractivity contribution in [1.82, 2.24) is 14.9 Å². The number of hydrogen-bond acceptors (Lipinski definition) is 9. The Morgan fingerprint density at radius 1 is 0.967 bits per heavy atom. The number of aromatic hydroxyl groups is 1. The summed E-state index contributed by atoms with van der Waals surface area (Å²) >= 11 is 0. The van der Waals surface area contributed by atoms with Gasteiger partial charge in [-0.15, -0.1) is 0 Å². The topological polar surface area (TPSA) is 174 Å². The SMILES string of the molecule is CC(C)(C)[Si](C)(C)O[C@H](CNCc1ccc2oc(=O)n(CCCc3ccc(-c4ccccc4)c(NC(=O)OC4CCC(N)CC4)c3)c2c1)c1ccc(O)c2[nH]c(=O)ccc12. The van der Waals surface area contributed by atoms with Crippen LogP contribution in [-0.4, -0.2) is 47.8 Å². The fraction of sp³-hybridized carbons (Fsp3) is 0.383. The molecule has 4 aromatic carbocycles. The van der Waals surface area contributed by atoms with Crippen LogP contribution in [0.15, 0.2) is 105 Å². The van der Waals surface area contributed by atoms with E-state index in [2.05, 4.69) is 55.5 Å². The second-order valence-electron chi connectivity index (χ2n) is 17.5. The van der Waals surface area contributed by atoms with Crippen LogP contribution >= 0.6 is 0 Å². The minimum Gasteiger partial charge on any atom is -0.506 e. The van der Waals surface area contributed by atoms with Gasteiger partial charge in [-0.2, -0.15) is 0 Å². The van der Waals surface area contributed by atoms with E-state index in [9.17, 15) is 19.5 Å². The maximum atomic E-state index is 13.1. The maximum Gasteiger partial charge on any atom is 0.419 e. The molecular weight excluding hydrogens is 775 g/mol. The van der Waals surface area contributed by atoms with Gasteiger partial charge >= 0.3 is 11.8 Å². The average Bonchev–Trinajstić information content (AvgIpc) is 3.52.